The third-order valence-electron chi connectivity index (χ3n) is 1.90. The number of carboxylic acid groups (broad SMARTS) is 1. The SMILES string of the molecule is O=C1NC[C@H](Cn2cc(C(=O)O)nn2)O1. The molecule has 1 fully saturated rings. The van der Waals surface area contributed by atoms with Crippen molar-refractivity contribution in [2.24, 2.45) is 0 Å². The predicted molar refractivity (Wildman–Crippen MR) is 45.3 cm³/mol. The summed E-state index contributed by atoms with van der Waals surface area (Å²) >= 11 is 0. The third kappa shape index (κ3) is 2.03. The van der Waals surface area contributed by atoms with E-state index in [2.05, 4.69) is 15.6 Å². The van der Waals surface area contributed by atoms with E-state index in [0.29, 0.717) is 13.1 Å². The number of hydrogen-bond donors (Lipinski definition) is 2. The monoisotopic (exact) mass is 212 g/mol. The minimum atomic E-state index is -1.14. The molecule has 1 aliphatic rings. The fourth-order valence-corrected chi connectivity index (χ4v) is 1.23. The molecule has 1 aliphatic heterocycles. The van der Waals surface area contributed by atoms with Crippen LogP contribution < -0.4 is 5.32 Å². The second-order valence-corrected chi connectivity index (χ2v) is 3.04. The van der Waals surface area contributed by atoms with Crippen LogP contribution in [0.3, 0.4) is 0 Å². The van der Waals surface area contributed by atoms with Crippen LogP contribution in [0.15, 0.2) is 6.20 Å². The van der Waals surface area contributed by atoms with Gasteiger partial charge in [0.2, 0.25) is 0 Å². The summed E-state index contributed by atoms with van der Waals surface area (Å²) in [7, 11) is 0. The summed E-state index contributed by atoms with van der Waals surface area (Å²) in [6, 6.07) is 0. The van der Waals surface area contributed by atoms with Crippen molar-refractivity contribution < 1.29 is 19.4 Å². The van der Waals surface area contributed by atoms with Crippen LogP contribution in [0.5, 0.6) is 0 Å². The summed E-state index contributed by atoms with van der Waals surface area (Å²) in [5, 5.41) is 18.1. The fourth-order valence-electron chi connectivity index (χ4n) is 1.23. The molecule has 0 radical (unpaired) electrons. The molecule has 1 atom stereocenters. The smallest absolute Gasteiger partial charge is 0.407 e. The highest BCUT2D eigenvalue weighted by Crippen LogP contribution is 2.03. The largest absolute Gasteiger partial charge is 0.476 e. The summed E-state index contributed by atoms with van der Waals surface area (Å²) in [5.74, 6) is -1.14. The standard InChI is InChI=1S/C7H8N4O4/c12-6(13)5-3-11(10-9-5)2-4-1-8-7(14)15-4/h3-4H,1-2H2,(H,8,14)(H,12,13)/t4-/m1/s1. The number of nitrogens with one attached hydrogen (secondary N) is 1. The molecular formula is C7H8N4O4. The summed E-state index contributed by atoms with van der Waals surface area (Å²) in [5.41, 5.74) is -0.132. The van der Waals surface area contributed by atoms with E-state index in [1.54, 1.807) is 0 Å². The number of carbonyl (C=O) groups is 2. The highest BCUT2D eigenvalue weighted by molar-refractivity contribution is 5.84. The number of alkyl carbamates (subject to hydrolysis) is 1. The van der Waals surface area contributed by atoms with Gasteiger partial charge in [0, 0.05) is 0 Å². The van der Waals surface area contributed by atoms with E-state index in [4.69, 9.17) is 9.84 Å². The Bertz CT molecular complexity index is 401. The minimum absolute atomic E-state index is 0.132. The fraction of sp³-hybridized carbons (Fsp3) is 0.429. The lowest BCUT2D eigenvalue weighted by atomic mass is 10.3. The number of aromatic nitrogens is 3. The van der Waals surface area contributed by atoms with Crippen molar-refractivity contribution in [3.05, 3.63) is 11.9 Å². The Hall–Kier alpha value is -2.12. The van der Waals surface area contributed by atoms with Gasteiger partial charge in [-0.15, -0.1) is 5.10 Å². The number of ether oxygens (including phenoxy) is 1. The van der Waals surface area contributed by atoms with Gasteiger partial charge in [0.25, 0.3) is 0 Å². The summed E-state index contributed by atoms with van der Waals surface area (Å²) < 4.78 is 6.18. The number of amides is 1. The van der Waals surface area contributed by atoms with Gasteiger partial charge in [-0.25, -0.2) is 14.3 Å². The van der Waals surface area contributed by atoms with E-state index in [1.807, 2.05) is 0 Å². The van der Waals surface area contributed by atoms with Crippen LogP contribution in [0.1, 0.15) is 10.5 Å². The Kier molecular flexibility index (Phi) is 2.24. The lowest BCUT2D eigenvalue weighted by Crippen LogP contribution is -2.20. The Morgan fingerprint density at radius 2 is 2.60 bits per heavy atom. The molecule has 2 rings (SSSR count). The van der Waals surface area contributed by atoms with Gasteiger partial charge in [0.1, 0.15) is 6.10 Å². The second kappa shape index (κ2) is 3.56. The van der Waals surface area contributed by atoms with Gasteiger partial charge in [-0.3, -0.25) is 0 Å². The Balaban J connectivity index is 1.99. The van der Waals surface area contributed by atoms with Crippen molar-refractivity contribution in [1.82, 2.24) is 20.3 Å². The first-order chi connectivity index (χ1) is 7.15. The number of hydrogen-bond acceptors (Lipinski definition) is 5. The Labute approximate surface area is 83.8 Å². The van der Waals surface area contributed by atoms with E-state index in [0.717, 1.165) is 0 Å². The molecule has 2 N–H and O–H groups in total. The first-order valence-electron chi connectivity index (χ1n) is 4.23. The number of aromatic carboxylic acids is 1. The van der Waals surface area contributed by atoms with E-state index in [1.165, 1.54) is 10.9 Å². The van der Waals surface area contributed by atoms with Gasteiger partial charge < -0.3 is 15.2 Å². The Morgan fingerprint density at radius 1 is 1.80 bits per heavy atom. The van der Waals surface area contributed by atoms with Crippen LogP contribution in [-0.4, -0.2) is 44.8 Å². The Morgan fingerprint density at radius 3 is 3.13 bits per heavy atom. The molecule has 1 aromatic heterocycles. The van der Waals surface area contributed by atoms with Crippen LogP contribution in [0.4, 0.5) is 4.79 Å². The molecule has 0 saturated carbocycles. The lowest BCUT2D eigenvalue weighted by Gasteiger charge is -2.05. The molecule has 0 bridgehead atoms. The normalized spacial score (nSPS) is 19.7. The van der Waals surface area contributed by atoms with Crippen molar-refractivity contribution in [3.63, 3.8) is 0 Å². The summed E-state index contributed by atoms with van der Waals surface area (Å²) in [6.07, 6.45) is 0.480. The topological polar surface area (TPSA) is 106 Å². The van der Waals surface area contributed by atoms with Crippen molar-refractivity contribution in [3.8, 4) is 0 Å². The van der Waals surface area contributed by atoms with Crippen molar-refractivity contribution in [2.75, 3.05) is 6.54 Å². The second-order valence-electron chi connectivity index (χ2n) is 3.04. The molecule has 2 heterocycles. The molecule has 1 aromatic rings. The molecule has 0 unspecified atom stereocenters. The van der Waals surface area contributed by atoms with Gasteiger partial charge in [0.05, 0.1) is 19.3 Å². The number of nitrogens with zero attached hydrogens (tertiary/aromatic N) is 3. The predicted octanol–water partition coefficient (Wildman–Crippen LogP) is -0.915. The zero-order valence-corrected chi connectivity index (χ0v) is 7.58. The van der Waals surface area contributed by atoms with E-state index in [-0.39, 0.29) is 11.8 Å². The molecule has 8 nitrogen and oxygen atoms in total. The number of cyclic esters (lactones) is 1. The highest BCUT2D eigenvalue weighted by atomic mass is 16.6. The van der Waals surface area contributed by atoms with Gasteiger partial charge in [-0.05, 0) is 0 Å². The van der Waals surface area contributed by atoms with Crippen molar-refractivity contribution in [2.45, 2.75) is 12.6 Å². The molecule has 1 amide bonds. The van der Waals surface area contributed by atoms with E-state index < -0.39 is 12.1 Å². The van der Waals surface area contributed by atoms with E-state index in [9.17, 15) is 9.59 Å². The van der Waals surface area contributed by atoms with Crippen LogP contribution in [0.25, 0.3) is 0 Å². The molecule has 8 heteroatoms. The van der Waals surface area contributed by atoms with Crippen molar-refractivity contribution in [1.29, 1.82) is 0 Å². The van der Waals surface area contributed by atoms with Gasteiger partial charge >= 0.3 is 12.1 Å². The molecule has 0 spiro atoms. The van der Waals surface area contributed by atoms with Crippen LogP contribution >= 0.6 is 0 Å². The number of carboxylic acids is 1. The molecule has 1 saturated heterocycles. The van der Waals surface area contributed by atoms with Crippen LogP contribution in [0.2, 0.25) is 0 Å². The first-order valence-corrected chi connectivity index (χ1v) is 4.23. The average molecular weight is 212 g/mol. The summed E-state index contributed by atoms with van der Waals surface area (Å²) in [6.45, 7) is 0.681. The maximum Gasteiger partial charge on any atom is 0.407 e. The van der Waals surface area contributed by atoms with Gasteiger partial charge in [-0.1, -0.05) is 5.21 Å². The third-order valence-corrected chi connectivity index (χ3v) is 1.90. The quantitative estimate of drug-likeness (QED) is 0.671. The molecule has 15 heavy (non-hydrogen) atoms. The van der Waals surface area contributed by atoms with Gasteiger partial charge in [-0.2, -0.15) is 0 Å². The first kappa shape index (κ1) is 9.44. The molecule has 0 aromatic carbocycles. The maximum atomic E-state index is 10.7. The average Bonchev–Trinajstić information content (AvgIpc) is 2.76. The summed E-state index contributed by atoms with van der Waals surface area (Å²) in [4.78, 5) is 21.2. The molecule has 0 aliphatic carbocycles. The van der Waals surface area contributed by atoms with Crippen LogP contribution in [-0.2, 0) is 11.3 Å². The zero-order valence-electron chi connectivity index (χ0n) is 7.58. The zero-order chi connectivity index (χ0) is 10.8. The molecule has 80 valence electrons. The minimum Gasteiger partial charge on any atom is -0.476 e. The number of carbonyl (C=O) groups excluding carboxylic acids is 1. The van der Waals surface area contributed by atoms with Gasteiger partial charge in [0.15, 0.2) is 5.69 Å². The molecular weight excluding hydrogens is 204 g/mol. The van der Waals surface area contributed by atoms with Crippen molar-refractivity contribution >= 4 is 12.1 Å². The highest BCUT2D eigenvalue weighted by Gasteiger charge is 2.23. The maximum absolute atomic E-state index is 10.7. The number of rotatable bonds is 3. The van der Waals surface area contributed by atoms with Crippen LogP contribution in [0, 0.1) is 0 Å². The lowest BCUT2D eigenvalue weighted by molar-refractivity contribution is 0.0690. The van der Waals surface area contributed by atoms with E-state index >= 15 is 0 Å².